The number of likely N-dealkylation sites (tertiary alicyclic amines) is 1. The molecule has 1 fully saturated rings. The van der Waals surface area contributed by atoms with Crippen molar-refractivity contribution in [3.63, 3.8) is 0 Å². The number of β-amino-alcohol motifs (C(OH)–C–C–N with tert-alkyl or cyclic N) is 1. The van der Waals surface area contributed by atoms with Gasteiger partial charge in [-0.1, -0.05) is 30.3 Å². The fourth-order valence-corrected chi connectivity index (χ4v) is 3.49. The largest absolute Gasteiger partial charge is 0.465 e. The monoisotopic (exact) mass is 336 g/mol. The highest BCUT2D eigenvalue weighted by molar-refractivity contribution is 5.67. The fraction of sp³-hybridized carbons (Fsp3) is 0.611. The van der Waals surface area contributed by atoms with Crippen molar-refractivity contribution in [3.05, 3.63) is 35.9 Å². The first kappa shape index (κ1) is 18.7. The predicted molar refractivity (Wildman–Crippen MR) is 92.1 cm³/mol. The van der Waals surface area contributed by atoms with Gasteiger partial charge in [-0.2, -0.15) is 0 Å². The third-order valence-electron chi connectivity index (χ3n) is 4.57. The molecule has 1 saturated heterocycles. The molecule has 0 aromatic heterocycles. The Labute approximate surface area is 143 Å². The molecule has 2 rings (SSSR count). The Morgan fingerprint density at radius 2 is 2.00 bits per heavy atom. The van der Waals surface area contributed by atoms with Crippen LogP contribution in [0.4, 0.5) is 4.79 Å². The summed E-state index contributed by atoms with van der Waals surface area (Å²) in [5, 5.41) is 21.3. The van der Waals surface area contributed by atoms with Crippen LogP contribution in [-0.4, -0.2) is 71.0 Å². The first-order valence-electron chi connectivity index (χ1n) is 8.21. The summed E-state index contributed by atoms with van der Waals surface area (Å²) in [4.78, 5) is 15.4. The van der Waals surface area contributed by atoms with E-state index in [0.717, 1.165) is 5.56 Å². The Kier molecular flexibility index (Phi) is 5.52. The van der Waals surface area contributed by atoms with Gasteiger partial charge in [0.05, 0.1) is 12.6 Å². The van der Waals surface area contributed by atoms with Crippen molar-refractivity contribution >= 4 is 6.09 Å². The van der Waals surface area contributed by atoms with Crippen molar-refractivity contribution < 1.29 is 19.7 Å². The Hall–Kier alpha value is -1.63. The van der Waals surface area contributed by atoms with E-state index >= 15 is 0 Å². The van der Waals surface area contributed by atoms with Gasteiger partial charge in [-0.25, -0.2) is 4.79 Å². The highest BCUT2D eigenvalue weighted by Crippen LogP contribution is 2.38. The van der Waals surface area contributed by atoms with Gasteiger partial charge in [0.1, 0.15) is 5.60 Å². The zero-order valence-electron chi connectivity index (χ0n) is 14.9. The van der Waals surface area contributed by atoms with Crippen LogP contribution in [0.1, 0.15) is 26.3 Å². The van der Waals surface area contributed by atoms with Gasteiger partial charge in [-0.15, -0.1) is 0 Å². The van der Waals surface area contributed by atoms with Crippen LogP contribution in [0.3, 0.4) is 0 Å². The van der Waals surface area contributed by atoms with Crippen LogP contribution in [0.15, 0.2) is 30.3 Å². The SMILES string of the molecule is COCCN1C[C@@H](N(C(=O)O)C(C)(C)C)[C@@](O)(c2ccccc2)C1. The zero-order chi connectivity index (χ0) is 18.0. The van der Waals surface area contributed by atoms with E-state index in [0.29, 0.717) is 26.2 Å². The summed E-state index contributed by atoms with van der Waals surface area (Å²) < 4.78 is 5.13. The minimum Gasteiger partial charge on any atom is -0.465 e. The maximum atomic E-state index is 11.9. The maximum absolute atomic E-state index is 11.9. The molecule has 134 valence electrons. The molecule has 0 saturated carbocycles. The van der Waals surface area contributed by atoms with Gasteiger partial charge >= 0.3 is 6.09 Å². The number of rotatable bonds is 5. The highest BCUT2D eigenvalue weighted by atomic mass is 16.5. The molecule has 1 aliphatic rings. The van der Waals surface area contributed by atoms with Crippen LogP contribution in [0.2, 0.25) is 0 Å². The number of nitrogens with zero attached hydrogens (tertiary/aromatic N) is 2. The molecule has 0 bridgehead atoms. The summed E-state index contributed by atoms with van der Waals surface area (Å²) in [6.45, 7) is 7.60. The molecule has 0 unspecified atom stereocenters. The van der Waals surface area contributed by atoms with E-state index in [-0.39, 0.29) is 0 Å². The van der Waals surface area contributed by atoms with Crippen molar-refractivity contribution in [1.29, 1.82) is 0 Å². The fourth-order valence-electron chi connectivity index (χ4n) is 3.49. The number of methoxy groups -OCH3 is 1. The summed E-state index contributed by atoms with van der Waals surface area (Å²) >= 11 is 0. The molecular weight excluding hydrogens is 308 g/mol. The molecule has 1 aliphatic heterocycles. The van der Waals surface area contributed by atoms with Gasteiger partial charge in [0.15, 0.2) is 0 Å². The van der Waals surface area contributed by atoms with Crippen LogP contribution in [0, 0.1) is 0 Å². The lowest BCUT2D eigenvalue weighted by Gasteiger charge is -2.43. The molecule has 0 spiro atoms. The second-order valence-corrected chi connectivity index (χ2v) is 7.36. The van der Waals surface area contributed by atoms with Crippen LogP contribution < -0.4 is 0 Å². The lowest BCUT2D eigenvalue weighted by Crippen LogP contribution is -2.59. The molecule has 0 radical (unpaired) electrons. The highest BCUT2D eigenvalue weighted by Gasteiger charge is 2.52. The lowest BCUT2D eigenvalue weighted by atomic mass is 9.86. The molecule has 6 heteroatoms. The minimum absolute atomic E-state index is 0.380. The van der Waals surface area contributed by atoms with Crippen LogP contribution in [0.25, 0.3) is 0 Å². The molecule has 2 atom stereocenters. The second kappa shape index (κ2) is 7.09. The van der Waals surface area contributed by atoms with Crippen LogP contribution in [-0.2, 0) is 10.3 Å². The quantitative estimate of drug-likeness (QED) is 0.860. The third-order valence-corrected chi connectivity index (χ3v) is 4.57. The first-order valence-corrected chi connectivity index (χ1v) is 8.21. The normalized spacial score (nSPS) is 25.0. The van der Waals surface area contributed by atoms with E-state index < -0.39 is 23.3 Å². The van der Waals surface area contributed by atoms with Gasteiger partial charge in [0.25, 0.3) is 0 Å². The number of carboxylic acid groups (broad SMARTS) is 1. The number of benzene rings is 1. The zero-order valence-corrected chi connectivity index (χ0v) is 14.9. The summed E-state index contributed by atoms with van der Waals surface area (Å²) in [7, 11) is 1.63. The summed E-state index contributed by atoms with van der Waals surface area (Å²) in [5.74, 6) is 0. The van der Waals surface area contributed by atoms with E-state index in [1.807, 2.05) is 51.1 Å². The number of carbonyl (C=O) groups is 1. The number of ether oxygens (including phenoxy) is 1. The van der Waals surface area contributed by atoms with Gasteiger partial charge in [0, 0.05) is 32.3 Å². The van der Waals surface area contributed by atoms with Crippen molar-refractivity contribution in [2.45, 2.75) is 38.0 Å². The molecule has 1 aromatic carbocycles. The van der Waals surface area contributed by atoms with Gasteiger partial charge in [-0.05, 0) is 26.3 Å². The Morgan fingerprint density at radius 3 is 2.50 bits per heavy atom. The Balaban J connectivity index is 2.42. The number of hydrogen-bond donors (Lipinski definition) is 2. The van der Waals surface area contributed by atoms with E-state index in [1.165, 1.54) is 4.90 Å². The average molecular weight is 336 g/mol. The van der Waals surface area contributed by atoms with E-state index in [2.05, 4.69) is 4.90 Å². The Bertz CT molecular complexity index is 558. The standard InChI is InChI=1S/C18H28N2O4/c1-17(2,3)20(16(21)22)15-12-19(10-11-24-4)13-18(15,23)14-8-6-5-7-9-14/h5-9,15,23H,10-13H2,1-4H3,(H,21,22)/t15-,18+/m1/s1. The van der Waals surface area contributed by atoms with Crippen molar-refractivity contribution in [2.75, 3.05) is 33.4 Å². The molecule has 2 N–H and O–H groups in total. The predicted octanol–water partition coefficient (Wildman–Crippen LogP) is 1.98. The van der Waals surface area contributed by atoms with E-state index in [1.54, 1.807) is 7.11 Å². The van der Waals surface area contributed by atoms with Crippen molar-refractivity contribution in [1.82, 2.24) is 9.80 Å². The lowest BCUT2D eigenvalue weighted by molar-refractivity contribution is -0.0412. The molecular formula is C18H28N2O4. The minimum atomic E-state index is -1.25. The molecule has 6 nitrogen and oxygen atoms in total. The second-order valence-electron chi connectivity index (χ2n) is 7.36. The third kappa shape index (κ3) is 3.71. The van der Waals surface area contributed by atoms with Crippen LogP contribution in [0.5, 0.6) is 0 Å². The summed E-state index contributed by atoms with van der Waals surface area (Å²) in [6, 6.07) is 8.78. The summed E-state index contributed by atoms with van der Waals surface area (Å²) in [5.41, 5.74) is -1.12. The molecule has 24 heavy (non-hydrogen) atoms. The van der Waals surface area contributed by atoms with Crippen molar-refractivity contribution in [3.8, 4) is 0 Å². The molecule has 1 heterocycles. The van der Waals surface area contributed by atoms with E-state index in [4.69, 9.17) is 4.74 Å². The molecule has 1 aromatic rings. The number of hydrogen-bond acceptors (Lipinski definition) is 4. The van der Waals surface area contributed by atoms with Gasteiger partial charge < -0.3 is 14.9 Å². The Morgan fingerprint density at radius 1 is 1.38 bits per heavy atom. The summed E-state index contributed by atoms with van der Waals surface area (Å²) in [6.07, 6.45) is -1.02. The molecule has 1 amide bonds. The van der Waals surface area contributed by atoms with Gasteiger partial charge in [-0.3, -0.25) is 9.80 Å². The number of amides is 1. The average Bonchev–Trinajstić information content (AvgIpc) is 2.82. The smallest absolute Gasteiger partial charge is 0.408 e. The van der Waals surface area contributed by atoms with Crippen LogP contribution >= 0.6 is 0 Å². The topological polar surface area (TPSA) is 73.2 Å². The van der Waals surface area contributed by atoms with E-state index in [9.17, 15) is 15.0 Å². The van der Waals surface area contributed by atoms with Gasteiger partial charge in [0.2, 0.25) is 0 Å². The number of aliphatic hydroxyl groups is 1. The maximum Gasteiger partial charge on any atom is 0.408 e. The van der Waals surface area contributed by atoms with Crippen molar-refractivity contribution in [2.24, 2.45) is 0 Å². The first-order chi connectivity index (χ1) is 11.2. The molecule has 0 aliphatic carbocycles.